The normalized spacial score (nSPS) is 25.8. The van der Waals surface area contributed by atoms with Crippen molar-refractivity contribution >= 4 is 12.4 Å². The minimum Gasteiger partial charge on any atom is -0.314 e. The molecule has 0 bridgehead atoms. The molecule has 0 spiro atoms. The molecule has 0 unspecified atom stereocenters. The Hall–Kier alpha value is 0.170. The Morgan fingerprint density at radius 3 is 2.00 bits per heavy atom. The van der Waals surface area contributed by atoms with Gasteiger partial charge in [-0.1, -0.05) is 0 Å². The molecule has 2 saturated heterocycles. The van der Waals surface area contributed by atoms with Crippen LogP contribution in [0.2, 0.25) is 0 Å². The molecule has 0 aromatic heterocycles. The Bertz CT molecular complexity index is 131. The quantitative estimate of drug-likeness (QED) is 0.703. The van der Waals surface area contributed by atoms with E-state index in [1.807, 2.05) is 0 Å². The van der Waals surface area contributed by atoms with Crippen LogP contribution in [0.4, 0.5) is 0 Å². The van der Waals surface area contributed by atoms with Crippen molar-refractivity contribution in [2.75, 3.05) is 45.9 Å². The summed E-state index contributed by atoms with van der Waals surface area (Å²) in [5.41, 5.74) is 0. The zero-order chi connectivity index (χ0) is 8.23. The van der Waals surface area contributed by atoms with Gasteiger partial charge in [-0.3, -0.25) is 9.80 Å². The van der Waals surface area contributed by atoms with E-state index >= 15 is 0 Å². The summed E-state index contributed by atoms with van der Waals surface area (Å²) >= 11 is 0. The van der Waals surface area contributed by atoms with Crippen LogP contribution < -0.4 is 5.32 Å². The third-order valence-corrected chi connectivity index (χ3v) is 2.81. The summed E-state index contributed by atoms with van der Waals surface area (Å²) in [6.07, 6.45) is 2.82. The van der Waals surface area contributed by atoms with Gasteiger partial charge >= 0.3 is 0 Å². The molecule has 2 heterocycles. The fourth-order valence-corrected chi connectivity index (χ4v) is 2.06. The van der Waals surface area contributed by atoms with Crippen LogP contribution in [0, 0.1) is 0 Å². The Morgan fingerprint density at radius 1 is 0.846 bits per heavy atom. The number of rotatable bonds is 2. The van der Waals surface area contributed by atoms with Crippen LogP contribution in [0.25, 0.3) is 0 Å². The molecule has 0 atom stereocenters. The minimum absolute atomic E-state index is 0. The zero-order valence-corrected chi connectivity index (χ0v) is 8.98. The Kier molecular flexibility index (Phi) is 5.02. The van der Waals surface area contributed by atoms with E-state index in [2.05, 4.69) is 15.1 Å². The van der Waals surface area contributed by atoms with Gasteiger partial charge in [0.2, 0.25) is 0 Å². The highest BCUT2D eigenvalue weighted by Crippen LogP contribution is 2.08. The zero-order valence-electron chi connectivity index (χ0n) is 8.17. The second kappa shape index (κ2) is 5.81. The van der Waals surface area contributed by atoms with Crippen molar-refractivity contribution in [3.05, 3.63) is 0 Å². The van der Waals surface area contributed by atoms with E-state index in [9.17, 15) is 0 Å². The molecule has 0 radical (unpaired) electrons. The molecule has 0 aromatic carbocycles. The van der Waals surface area contributed by atoms with Gasteiger partial charge in [-0.15, -0.1) is 12.4 Å². The monoisotopic (exact) mass is 205 g/mol. The highest BCUT2D eigenvalue weighted by Gasteiger charge is 2.16. The second-order valence-electron chi connectivity index (χ2n) is 3.83. The van der Waals surface area contributed by atoms with Crippen LogP contribution >= 0.6 is 12.4 Å². The van der Waals surface area contributed by atoms with Gasteiger partial charge in [0.1, 0.15) is 0 Å². The summed E-state index contributed by atoms with van der Waals surface area (Å²) in [5.74, 6) is 0. The molecule has 0 aromatic rings. The average Bonchev–Trinajstić information content (AvgIpc) is 2.59. The lowest BCUT2D eigenvalue weighted by Gasteiger charge is -2.30. The van der Waals surface area contributed by atoms with E-state index < -0.39 is 0 Å². The number of likely N-dealkylation sites (tertiary alicyclic amines) is 1. The van der Waals surface area contributed by atoms with Crippen LogP contribution in [0.3, 0.4) is 0 Å². The Balaban J connectivity index is 0.000000845. The van der Waals surface area contributed by atoms with Gasteiger partial charge in [-0.2, -0.15) is 0 Å². The van der Waals surface area contributed by atoms with Gasteiger partial charge in [-0.05, 0) is 25.9 Å². The van der Waals surface area contributed by atoms with Gasteiger partial charge in [0, 0.05) is 26.2 Å². The Labute approximate surface area is 86.9 Å². The lowest BCUT2D eigenvalue weighted by molar-refractivity contribution is 0.139. The van der Waals surface area contributed by atoms with E-state index in [0.29, 0.717) is 0 Å². The first kappa shape index (κ1) is 11.2. The van der Waals surface area contributed by atoms with Crippen LogP contribution in [0.15, 0.2) is 0 Å². The molecular formula is C9H20ClN3. The van der Waals surface area contributed by atoms with E-state index in [4.69, 9.17) is 0 Å². The molecule has 0 saturated carbocycles. The molecule has 4 heteroatoms. The smallest absolute Gasteiger partial charge is 0.0507 e. The van der Waals surface area contributed by atoms with Crippen molar-refractivity contribution in [1.29, 1.82) is 0 Å². The van der Waals surface area contributed by atoms with Crippen molar-refractivity contribution in [1.82, 2.24) is 15.1 Å². The van der Waals surface area contributed by atoms with Gasteiger partial charge in [-0.25, -0.2) is 0 Å². The van der Waals surface area contributed by atoms with Gasteiger partial charge in [0.15, 0.2) is 0 Å². The lowest BCUT2D eigenvalue weighted by Crippen LogP contribution is -2.47. The third kappa shape index (κ3) is 3.43. The average molecular weight is 206 g/mol. The molecule has 2 rings (SSSR count). The maximum atomic E-state index is 3.38. The standard InChI is InChI=1S/C9H19N3.ClH/c1-2-6-11(5-1)9-12-7-3-10-4-8-12;/h10H,1-9H2;1H. The van der Waals surface area contributed by atoms with Crippen molar-refractivity contribution in [2.45, 2.75) is 12.8 Å². The number of halogens is 1. The van der Waals surface area contributed by atoms with E-state index in [1.54, 1.807) is 0 Å². The molecule has 2 aliphatic heterocycles. The first-order valence-corrected chi connectivity index (χ1v) is 5.10. The maximum absolute atomic E-state index is 3.38. The molecule has 78 valence electrons. The largest absolute Gasteiger partial charge is 0.314 e. The fraction of sp³-hybridized carbons (Fsp3) is 1.00. The molecule has 3 nitrogen and oxygen atoms in total. The van der Waals surface area contributed by atoms with E-state index in [0.717, 1.165) is 0 Å². The summed E-state index contributed by atoms with van der Waals surface area (Å²) in [6, 6.07) is 0. The number of hydrogen-bond donors (Lipinski definition) is 1. The Morgan fingerprint density at radius 2 is 1.38 bits per heavy atom. The predicted octanol–water partition coefficient (Wildman–Crippen LogP) is 0.367. The van der Waals surface area contributed by atoms with Gasteiger partial charge < -0.3 is 5.32 Å². The molecule has 1 N–H and O–H groups in total. The topological polar surface area (TPSA) is 18.5 Å². The lowest BCUT2D eigenvalue weighted by atomic mass is 10.4. The van der Waals surface area contributed by atoms with Gasteiger partial charge in [0.05, 0.1) is 6.67 Å². The summed E-state index contributed by atoms with van der Waals surface area (Å²) in [5, 5.41) is 3.38. The molecule has 13 heavy (non-hydrogen) atoms. The van der Waals surface area contributed by atoms with Crippen molar-refractivity contribution in [3.63, 3.8) is 0 Å². The summed E-state index contributed by atoms with van der Waals surface area (Å²) in [4.78, 5) is 5.13. The first-order valence-electron chi connectivity index (χ1n) is 5.10. The maximum Gasteiger partial charge on any atom is 0.0507 e. The second-order valence-corrected chi connectivity index (χ2v) is 3.83. The predicted molar refractivity (Wildman–Crippen MR) is 57.4 cm³/mol. The van der Waals surface area contributed by atoms with Gasteiger partial charge in [0.25, 0.3) is 0 Å². The number of nitrogens with one attached hydrogen (secondary N) is 1. The molecule has 0 aliphatic carbocycles. The van der Waals surface area contributed by atoms with Crippen LogP contribution in [0.1, 0.15) is 12.8 Å². The summed E-state index contributed by atoms with van der Waals surface area (Å²) in [7, 11) is 0. The molecule has 2 fully saturated rings. The fourth-order valence-electron chi connectivity index (χ4n) is 2.06. The first-order chi connectivity index (χ1) is 5.95. The van der Waals surface area contributed by atoms with E-state index in [-0.39, 0.29) is 12.4 Å². The van der Waals surface area contributed by atoms with E-state index in [1.165, 1.54) is 58.8 Å². The van der Waals surface area contributed by atoms with Crippen LogP contribution in [0.5, 0.6) is 0 Å². The number of hydrogen-bond acceptors (Lipinski definition) is 3. The van der Waals surface area contributed by atoms with Crippen molar-refractivity contribution in [2.24, 2.45) is 0 Å². The SMILES string of the molecule is C1CCN(CN2CCNCC2)C1.Cl. The molecule has 2 aliphatic rings. The molecule has 0 amide bonds. The highest BCUT2D eigenvalue weighted by atomic mass is 35.5. The van der Waals surface area contributed by atoms with Crippen molar-refractivity contribution < 1.29 is 0 Å². The highest BCUT2D eigenvalue weighted by molar-refractivity contribution is 5.85. The molecular weight excluding hydrogens is 186 g/mol. The number of nitrogens with zero attached hydrogens (tertiary/aromatic N) is 2. The third-order valence-electron chi connectivity index (χ3n) is 2.81. The number of piperazine rings is 1. The van der Waals surface area contributed by atoms with Crippen LogP contribution in [-0.4, -0.2) is 55.7 Å². The van der Waals surface area contributed by atoms with Crippen molar-refractivity contribution in [3.8, 4) is 0 Å². The summed E-state index contributed by atoms with van der Waals surface area (Å²) in [6.45, 7) is 8.67. The summed E-state index contributed by atoms with van der Waals surface area (Å²) < 4.78 is 0. The minimum atomic E-state index is 0. The van der Waals surface area contributed by atoms with Crippen LogP contribution in [-0.2, 0) is 0 Å².